The maximum atomic E-state index is 11.5. The Morgan fingerprint density at radius 3 is 2.25 bits per heavy atom. The van der Waals surface area contributed by atoms with E-state index in [1.54, 1.807) is 24.3 Å². The van der Waals surface area contributed by atoms with E-state index in [-0.39, 0.29) is 6.54 Å². The number of amides is 1. The van der Waals surface area contributed by atoms with Gasteiger partial charge in [0, 0.05) is 13.1 Å². The molecule has 0 aromatic heterocycles. The third-order valence-electron chi connectivity index (χ3n) is 1.10. The van der Waals surface area contributed by atoms with Gasteiger partial charge < -0.3 is 10.2 Å². The number of hydrogen-bond donors (Lipinski definition) is 1. The van der Waals surface area contributed by atoms with Gasteiger partial charge in [-0.1, -0.05) is 0 Å². The molecule has 0 aliphatic carbocycles. The maximum Gasteiger partial charge on any atom is 0.471 e. The van der Waals surface area contributed by atoms with Crippen LogP contribution >= 0.6 is 0 Å². The van der Waals surface area contributed by atoms with Crippen molar-refractivity contribution in [1.29, 1.82) is 0 Å². The molecule has 0 aromatic carbocycles. The highest BCUT2D eigenvalue weighted by Gasteiger charge is 2.38. The van der Waals surface area contributed by atoms with Gasteiger partial charge in [-0.25, -0.2) is 0 Å². The molecule has 0 radical (unpaired) electrons. The number of carbonyl (C=O) groups is 1. The highest BCUT2D eigenvalue weighted by atomic mass is 19.4. The van der Waals surface area contributed by atoms with Gasteiger partial charge in [-0.05, 0) is 14.1 Å². The summed E-state index contributed by atoms with van der Waals surface area (Å²) in [6.45, 7) is 0.396. The highest BCUT2D eigenvalue weighted by molar-refractivity contribution is 5.81. The van der Waals surface area contributed by atoms with Gasteiger partial charge in [-0.15, -0.1) is 0 Å². The van der Waals surface area contributed by atoms with Gasteiger partial charge in [0.05, 0.1) is 0 Å². The number of likely N-dealkylation sites (N-methyl/N-ethyl adjacent to an activating group) is 1. The first-order valence-electron chi connectivity index (χ1n) is 3.34. The zero-order valence-corrected chi connectivity index (χ0v) is 6.90. The Morgan fingerprint density at radius 2 is 1.92 bits per heavy atom. The lowest BCUT2D eigenvalue weighted by Gasteiger charge is -2.11. The second kappa shape index (κ2) is 4.30. The van der Waals surface area contributed by atoms with E-state index in [0.29, 0.717) is 6.54 Å². The van der Waals surface area contributed by atoms with E-state index in [0.717, 1.165) is 0 Å². The summed E-state index contributed by atoms with van der Waals surface area (Å²) >= 11 is 0. The number of hydrogen-bond acceptors (Lipinski definition) is 2. The van der Waals surface area contributed by atoms with E-state index in [4.69, 9.17) is 0 Å². The van der Waals surface area contributed by atoms with Gasteiger partial charge in [0.25, 0.3) is 0 Å². The summed E-state index contributed by atoms with van der Waals surface area (Å²) in [5.74, 6) is -1.88. The number of nitrogens with one attached hydrogen (secondary N) is 1. The van der Waals surface area contributed by atoms with Crippen LogP contribution in [0, 0.1) is 0 Å². The van der Waals surface area contributed by atoms with Gasteiger partial charge in [0.2, 0.25) is 0 Å². The van der Waals surface area contributed by atoms with Crippen LogP contribution in [0.4, 0.5) is 13.2 Å². The topological polar surface area (TPSA) is 32.3 Å². The van der Waals surface area contributed by atoms with Crippen molar-refractivity contribution in [3.05, 3.63) is 0 Å². The first-order chi connectivity index (χ1) is 5.34. The standard InChI is InChI=1S/C6H11F3N2O/c1-11(2)4-3-10-5(12)6(7,8)9/h3-4H2,1-2H3,(H,10,12). The maximum absolute atomic E-state index is 11.5. The highest BCUT2D eigenvalue weighted by Crippen LogP contribution is 2.13. The Kier molecular flexibility index (Phi) is 4.02. The number of carbonyl (C=O) groups excluding carboxylic acids is 1. The molecule has 0 saturated heterocycles. The summed E-state index contributed by atoms with van der Waals surface area (Å²) in [4.78, 5) is 11.9. The third kappa shape index (κ3) is 4.95. The molecule has 0 atom stereocenters. The summed E-state index contributed by atoms with van der Waals surface area (Å²) in [7, 11) is 3.42. The number of halogens is 3. The van der Waals surface area contributed by atoms with Crippen molar-refractivity contribution < 1.29 is 18.0 Å². The Balaban J connectivity index is 3.59. The van der Waals surface area contributed by atoms with Gasteiger partial charge >= 0.3 is 12.1 Å². The average Bonchev–Trinajstić information content (AvgIpc) is 1.84. The molecular formula is C6H11F3N2O. The van der Waals surface area contributed by atoms with E-state index in [2.05, 4.69) is 0 Å². The monoisotopic (exact) mass is 184 g/mol. The molecule has 3 nitrogen and oxygen atoms in total. The quantitative estimate of drug-likeness (QED) is 0.680. The van der Waals surface area contributed by atoms with Gasteiger partial charge in [0.1, 0.15) is 0 Å². The first kappa shape index (κ1) is 11.2. The molecule has 1 N–H and O–H groups in total. The Labute approximate surface area is 68.5 Å². The fraction of sp³-hybridized carbons (Fsp3) is 0.833. The molecule has 0 heterocycles. The molecule has 0 aliphatic rings. The van der Waals surface area contributed by atoms with Crippen LogP contribution in [0.25, 0.3) is 0 Å². The Hall–Kier alpha value is -0.780. The minimum Gasteiger partial charge on any atom is -0.347 e. The molecule has 0 bridgehead atoms. The average molecular weight is 184 g/mol. The van der Waals surface area contributed by atoms with E-state index in [9.17, 15) is 18.0 Å². The van der Waals surface area contributed by atoms with E-state index < -0.39 is 12.1 Å². The van der Waals surface area contributed by atoms with Gasteiger partial charge in [-0.3, -0.25) is 4.79 Å². The van der Waals surface area contributed by atoms with Crippen molar-refractivity contribution in [3.63, 3.8) is 0 Å². The lowest BCUT2D eigenvalue weighted by atomic mass is 10.5. The number of rotatable bonds is 3. The molecule has 0 aliphatic heterocycles. The largest absolute Gasteiger partial charge is 0.471 e. The summed E-state index contributed by atoms with van der Waals surface area (Å²) < 4.78 is 34.6. The number of nitrogens with zero attached hydrogens (tertiary/aromatic N) is 1. The Bertz CT molecular complexity index is 155. The molecule has 0 unspecified atom stereocenters. The minimum absolute atomic E-state index is 0.00530. The smallest absolute Gasteiger partial charge is 0.347 e. The van der Waals surface area contributed by atoms with E-state index in [1.807, 2.05) is 0 Å². The molecule has 6 heteroatoms. The van der Waals surface area contributed by atoms with Gasteiger partial charge in [-0.2, -0.15) is 13.2 Å². The van der Waals surface area contributed by atoms with E-state index >= 15 is 0 Å². The van der Waals surface area contributed by atoms with Crippen molar-refractivity contribution in [3.8, 4) is 0 Å². The fourth-order valence-electron chi connectivity index (χ4n) is 0.493. The second-order valence-corrected chi connectivity index (χ2v) is 2.56. The molecule has 0 aromatic rings. The lowest BCUT2D eigenvalue weighted by Crippen LogP contribution is -2.39. The Morgan fingerprint density at radius 1 is 1.42 bits per heavy atom. The van der Waals surface area contributed by atoms with Crippen LogP contribution in [0.15, 0.2) is 0 Å². The van der Waals surface area contributed by atoms with Gasteiger partial charge in [0.15, 0.2) is 0 Å². The fourth-order valence-corrected chi connectivity index (χ4v) is 0.493. The molecule has 0 spiro atoms. The van der Waals surface area contributed by atoms with Crippen LogP contribution in [-0.4, -0.2) is 44.2 Å². The summed E-state index contributed by atoms with van der Waals surface area (Å²) in [5.41, 5.74) is 0. The van der Waals surface area contributed by atoms with Crippen LogP contribution in [0.5, 0.6) is 0 Å². The van der Waals surface area contributed by atoms with Crippen molar-refractivity contribution in [2.45, 2.75) is 6.18 Å². The van der Waals surface area contributed by atoms with Crippen molar-refractivity contribution >= 4 is 5.91 Å². The second-order valence-electron chi connectivity index (χ2n) is 2.56. The predicted octanol–water partition coefficient (Wildman–Crippen LogP) is 0.226. The summed E-state index contributed by atoms with van der Waals surface area (Å²) in [6, 6.07) is 0. The SMILES string of the molecule is CN(C)CCNC(=O)C(F)(F)F. The first-order valence-corrected chi connectivity index (χ1v) is 3.34. The molecule has 72 valence electrons. The van der Waals surface area contributed by atoms with Crippen LogP contribution in [0.1, 0.15) is 0 Å². The van der Waals surface area contributed by atoms with Crippen LogP contribution in [0.3, 0.4) is 0 Å². The minimum atomic E-state index is -4.77. The predicted molar refractivity (Wildman–Crippen MR) is 37.6 cm³/mol. The van der Waals surface area contributed by atoms with Crippen LogP contribution < -0.4 is 5.32 Å². The lowest BCUT2D eigenvalue weighted by molar-refractivity contribution is -0.173. The third-order valence-corrected chi connectivity index (χ3v) is 1.10. The van der Waals surface area contributed by atoms with Crippen molar-refractivity contribution in [2.75, 3.05) is 27.2 Å². The normalized spacial score (nSPS) is 11.8. The molecule has 12 heavy (non-hydrogen) atoms. The molecular weight excluding hydrogens is 173 g/mol. The van der Waals surface area contributed by atoms with E-state index in [1.165, 1.54) is 0 Å². The molecule has 0 rings (SSSR count). The molecule has 0 fully saturated rings. The van der Waals surface area contributed by atoms with Crippen LogP contribution in [-0.2, 0) is 4.79 Å². The zero-order valence-electron chi connectivity index (χ0n) is 6.90. The summed E-state index contributed by atoms with van der Waals surface area (Å²) in [5, 5.41) is 1.75. The summed E-state index contributed by atoms with van der Waals surface area (Å²) in [6.07, 6.45) is -4.77. The van der Waals surface area contributed by atoms with Crippen molar-refractivity contribution in [1.82, 2.24) is 10.2 Å². The molecule has 1 amide bonds. The van der Waals surface area contributed by atoms with Crippen molar-refractivity contribution in [2.24, 2.45) is 0 Å². The van der Waals surface area contributed by atoms with Crippen LogP contribution in [0.2, 0.25) is 0 Å². The zero-order chi connectivity index (χ0) is 9.78. The molecule has 0 saturated carbocycles. The number of alkyl halides is 3.